The molecule has 1 fully saturated rings. The first kappa shape index (κ1) is 26.9. The highest BCUT2D eigenvalue weighted by Crippen LogP contribution is 2.50. The van der Waals surface area contributed by atoms with Gasteiger partial charge in [-0.2, -0.15) is 0 Å². The van der Waals surface area contributed by atoms with Crippen LogP contribution in [0.25, 0.3) is 0 Å². The zero-order chi connectivity index (χ0) is 27.6. The van der Waals surface area contributed by atoms with E-state index in [1.807, 2.05) is 44.2 Å². The fraction of sp³-hybridized carbons (Fsp3) is 0.419. The summed E-state index contributed by atoms with van der Waals surface area (Å²) >= 11 is 0. The van der Waals surface area contributed by atoms with Crippen molar-refractivity contribution in [1.82, 2.24) is 15.2 Å². The molecule has 0 aliphatic carbocycles. The Kier molecular flexibility index (Phi) is 7.75. The van der Waals surface area contributed by atoms with Crippen molar-refractivity contribution in [3.05, 3.63) is 82.9 Å². The molecule has 2 aromatic carbocycles. The number of carbonyl (C=O) groups is 1. The largest absolute Gasteiger partial charge is 0.497 e. The second kappa shape index (κ2) is 11.2. The Morgan fingerprint density at radius 3 is 2.54 bits per heavy atom. The molecule has 0 spiro atoms. The van der Waals surface area contributed by atoms with E-state index in [-0.39, 0.29) is 17.6 Å². The average molecular weight is 534 g/mol. The minimum Gasteiger partial charge on any atom is -0.497 e. The molecule has 1 aromatic heterocycles. The number of halogens is 1. The molecule has 1 amide bonds. The Labute approximate surface area is 229 Å². The summed E-state index contributed by atoms with van der Waals surface area (Å²) in [7, 11) is 1.63. The van der Waals surface area contributed by atoms with Crippen LogP contribution in [0.1, 0.15) is 53.4 Å². The van der Waals surface area contributed by atoms with Gasteiger partial charge in [-0.25, -0.2) is 4.39 Å². The molecule has 0 radical (unpaired) electrons. The molecule has 206 valence electrons. The third-order valence-corrected chi connectivity index (χ3v) is 8.04. The van der Waals surface area contributed by atoms with Crippen molar-refractivity contribution < 1.29 is 23.4 Å². The van der Waals surface area contributed by atoms with Crippen LogP contribution < -0.4 is 19.5 Å². The number of aryl methyl sites for hydroxylation is 2. The number of nitrogens with zero attached hydrogens (tertiary/aromatic N) is 2. The zero-order valence-electron chi connectivity index (χ0n) is 23.0. The van der Waals surface area contributed by atoms with Gasteiger partial charge in [0.2, 0.25) is 0 Å². The Balaban J connectivity index is 1.22. The number of carbonyl (C=O) groups excluding carboxylic acids is 1. The van der Waals surface area contributed by atoms with Gasteiger partial charge >= 0.3 is 0 Å². The third kappa shape index (κ3) is 5.43. The smallest absolute Gasteiger partial charge is 0.281 e. The van der Waals surface area contributed by atoms with Gasteiger partial charge in [0, 0.05) is 36.3 Å². The number of amides is 1. The highest BCUT2D eigenvalue weighted by Gasteiger charge is 2.51. The number of pyridine rings is 1. The molecule has 2 aliphatic heterocycles. The number of likely N-dealkylation sites (tertiary alicyclic amines) is 1. The molecule has 1 saturated heterocycles. The lowest BCUT2D eigenvalue weighted by Crippen LogP contribution is -2.50. The number of methoxy groups -OCH3 is 1. The Morgan fingerprint density at radius 1 is 1.13 bits per heavy atom. The molecule has 0 saturated carbocycles. The van der Waals surface area contributed by atoms with E-state index in [1.54, 1.807) is 19.4 Å². The van der Waals surface area contributed by atoms with Crippen LogP contribution >= 0.6 is 0 Å². The van der Waals surface area contributed by atoms with Gasteiger partial charge in [0.1, 0.15) is 11.6 Å². The standard InChI is InChI=1S/C31H36FN3O4/c1-20-11-15-33-22(3)29(20)30(36)34-16-12-21(2)35-17-13-24(14-18-35)31(23-5-8-26(37-4)9-6-23)38-27-10-7-25(32)19-28(27)39-31/h5-11,15,19,21,24H,12-14,16-18H2,1-4H3,(H,34,36). The van der Waals surface area contributed by atoms with Crippen LogP contribution in [0.3, 0.4) is 0 Å². The monoisotopic (exact) mass is 533 g/mol. The van der Waals surface area contributed by atoms with Gasteiger partial charge in [-0.05, 0) is 101 Å². The topological polar surface area (TPSA) is 72.9 Å². The van der Waals surface area contributed by atoms with E-state index < -0.39 is 5.79 Å². The van der Waals surface area contributed by atoms with Crippen molar-refractivity contribution in [3.8, 4) is 17.2 Å². The van der Waals surface area contributed by atoms with Crippen molar-refractivity contribution in [2.24, 2.45) is 5.92 Å². The minimum atomic E-state index is -1.02. The molecule has 8 heteroatoms. The molecule has 3 aromatic rings. The number of fused-ring (bicyclic) bond motifs is 1. The predicted octanol–water partition coefficient (Wildman–Crippen LogP) is 5.39. The van der Waals surface area contributed by atoms with E-state index >= 15 is 0 Å². The summed E-state index contributed by atoms with van der Waals surface area (Å²) in [6.07, 6.45) is 4.28. The van der Waals surface area contributed by atoms with Crippen LogP contribution in [0.4, 0.5) is 4.39 Å². The lowest BCUT2D eigenvalue weighted by Gasteiger charge is -2.42. The van der Waals surface area contributed by atoms with Gasteiger partial charge < -0.3 is 24.4 Å². The fourth-order valence-electron chi connectivity index (χ4n) is 5.76. The summed E-state index contributed by atoms with van der Waals surface area (Å²) in [5.41, 5.74) is 3.22. The van der Waals surface area contributed by atoms with Crippen molar-refractivity contribution in [2.75, 3.05) is 26.7 Å². The number of aromatic nitrogens is 1. The Bertz CT molecular complexity index is 1300. The molecule has 1 N–H and O–H groups in total. The average Bonchev–Trinajstić information content (AvgIpc) is 3.33. The number of piperidine rings is 1. The first-order chi connectivity index (χ1) is 18.8. The SMILES string of the molecule is COc1ccc(C2(C3CCN(C(C)CCNC(=O)c4c(C)ccnc4C)CC3)Oc3ccc(F)cc3O2)cc1. The van der Waals surface area contributed by atoms with Crippen molar-refractivity contribution in [2.45, 2.75) is 51.9 Å². The highest BCUT2D eigenvalue weighted by atomic mass is 19.1. The predicted molar refractivity (Wildman–Crippen MR) is 147 cm³/mol. The molecule has 2 atom stereocenters. The summed E-state index contributed by atoms with van der Waals surface area (Å²) in [5, 5.41) is 3.07. The van der Waals surface area contributed by atoms with Gasteiger partial charge in [-0.15, -0.1) is 0 Å². The number of ether oxygens (including phenoxy) is 3. The highest BCUT2D eigenvalue weighted by molar-refractivity contribution is 5.96. The second-order valence-corrected chi connectivity index (χ2v) is 10.5. The van der Waals surface area contributed by atoms with Crippen LogP contribution in [0.2, 0.25) is 0 Å². The molecule has 5 rings (SSSR count). The number of hydrogen-bond donors (Lipinski definition) is 1. The van der Waals surface area contributed by atoms with E-state index in [0.29, 0.717) is 29.6 Å². The maximum absolute atomic E-state index is 14.0. The summed E-state index contributed by atoms with van der Waals surface area (Å²) < 4.78 is 32.3. The van der Waals surface area contributed by atoms with Gasteiger partial charge in [0.15, 0.2) is 11.5 Å². The number of nitrogens with one attached hydrogen (secondary N) is 1. The summed E-state index contributed by atoms with van der Waals surface area (Å²) in [5.74, 6) is 0.352. The molecule has 39 heavy (non-hydrogen) atoms. The molecule has 7 nitrogen and oxygen atoms in total. The first-order valence-electron chi connectivity index (χ1n) is 13.6. The molecular weight excluding hydrogens is 497 g/mol. The molecule has 0 bridgehead atoms. The molecule has 2 unspecified atom stereocenters. The van der Waals surface area contributed by atoms with Crippen LogP contribution in [0.15, 0.2) is 54.7 Å². The Morgan fingerprint density at radius 2 is 1.85 bits per heavy atom. The van der Waals surface area contributed by atoms with Crippen LogP contribution in [0.5, 0.6) is 17.2 Å². The summed E-state index contributed by atoms with van der Waals surface area (Å²) in [4.78, 5) is 19.4. The zero-order valence-corrected chi connectivity index (χ0v) is 23.0. The number of benzene rings is 2. The first-order valence-corrected chi connectivity index (χ1v) is 13.6. The quantitative estimate of drug-likeness (QED) is 0.419. The van der Waals surface area contributed by atoms with E-state index in [1.165, 1.54) is 12.1 Å². The third-order valence-electron chi connectivity index (χ3n) is 8.04. The van der Waals surface area contributed by atoms with E-state index in [0.717, 1.165) is 54.9 Å². The minimum absolute atomic E-state index is 0.0704. The number of rotatable bonds is 8. The van der Waals surface area contributed by atoms with Crippen LogP contribution in [-0.4, -0.2) is 48.6 Å². The molecule has 3 heterocycles. The van der Waals surface area contributed by atoms with Gasteiger partial charge in [0.05, 0.1) is 18.4 Å². The van der Waals surface area contributed by atoms with Crippen molar-refractivity contribution in [1.29, 1.82) is 0 Å². The summed E-state index contributed by atoms with van der Waals surface area (Å²) in [6, 6.07) is 14.3. The fourth-order valence-corrected chi connectivity index (χ4v) is 5.76. The maximum Gasteiger partial charge on any atom is 0.281 e. The Hall–Kier alpha value is -3.65. The van der Waals surface area contributed by atoms with Crippen molar-refractivity contribution in [3.63, 3.8) is 0 Å². The van der Waals surface area contributed by atoms with Crippen LogP contribution in [0, 0.1) is 25.6 Å². The summed E-state index contributed by atoms with van der Waals surface area (Å²) in [6.45, 7) is 8.33. The van der Waals surface area contributed by atoms with Gasteiger partial charge in [0.25, 0.3) is 11.7 Å². The van der Waals surface area contributed by atoms with E-state index in [4.69, 9.17) is 14.2 Å². The lowest BCUT2D eigenvalue weighted by atomic mass is 9.83. The van der Waals surface area contributed by atoms with Crippen LogP contribution in [-0.2, 0) is 5.79 Å². The van der Waals surface area contributed by atoms with Crippen molar-refractivity contribution >= 4 is 5.91 Å². The maximum atomic E-state index is 14.0. The number of hydrogen-bond acceptors (Lipinski definition) is 6. The van der Waals surface area contributed by atoms with Gasteiger partial charge in [-0.3, -0.25) is 9.78 Å². The normalized spacial score (nSPS) is 20.0. The molecule has 2 aliphatic rings. The van der Waals surface area contributed by atoms with E-state index in [2.05, 4.69) is 22.1 Å². The second-order valence-electron chi connectivity index (χ2n) is 10.5. The van der Waals surface area contributed by atoms with E-state index in [9.17, 15) is 9.18 Å². The lowest BCUT2D eigenvalue weighted by molar-refractivity contribution is -0.149. The van der Waals surface area contributed by atoms with Gasteiger partial charge in [-0.1, -0.05) is 0 Å². The molecular formula is C31H36FN3O4.